The summed E-state index contributed by atoms with van der Waals surface area (Å²) in [5, 5.41) is 13.2. The Hall–Kier alpha value is -1.72. The number of ether oxygens (including phenoxy) is 1. The number of nitrogens with one attached hydrogen (secondary N) is 1. The molecule has 0 aliphatic heterocycles. The van der Waals surface area contributed by atoms with Crippen LogP contribution in [0, 0.1) is 6.92 Å². The van der Waals surface area contributed by atoms with Crippen LogP contribution >= 0.6 is 12.4 Å². The van der Waals surface area contributed by atoms with Crippen LogP contribution in [0.1, 0.15) is 34.8 Å². The van der Waals surface area contributed by atoms with Crippen LogP contribution in [-0.4, -0.2) is 42.8 Å². The molecule has 0 aromatic heterocycles. The van der Waals surface area contributed by atoms with E-state index in [9.17, 15) is 9.90 Å². The topological polar surface area (TPSA) is 58.6 Å². The molecule has 148 valence electrons. The maximum atomic E-state index is 12.9. The van der Waals surface area contributed by atoms with E-state index in [1.807, 2.05) is 49.4 Å². The van der Waals surface area contributed by atoms with Crippen LogP contribution in [0.4, 0.5) is 0 Å². The van der Waals surface area contributed by atoms with Crippen molar-refractivity contribution in [2.75, 3.05) is 19.7 Å². The second-order valence-corrected chi connectivity index (χ2v) is 6.60. The van der Waals surface area contributed by atoms with Gasteiger partial charge in [-0.15, -0.1) is 12.4 Å². The molecule has 2 rings (SSSR count). The lowest BCUT2D eigenvalue weighted by Gasteiger charge is -2.20. The molecule has 2 unspecified atom stereocenters. The van der Waals surface area contributed by atoms with E-state index in [-0.39, 0.29) is 24.8 Å². The molecule has 27 heavy (non-hydrogen) atoms. The number of halogens is 1. The molecule has 0 aliphatic rings. The first-order chi connectivity index (χ1) is 12.6. The Labute approximate surface area is 168 Å². The molecule has 5 heteroatoms. The van der Waals surface area contributed by atoms with Gasteiger partial charge in [0.05, 0.1) is 12.7 Å². The van der Waals surface area contributed by atoms with Gasteiger partial charge in [0, 0.05) is 18.5 Å². The molecule has 0 saturated carbocycles. The van der Waals surface area contributed by atoms with Crippen LogP contribution in [0.3, 0.4) is 0 Å². The third-order valence-electron chi connectivity index (χ3n) is 4.19. The number of hydrogen-bond donors (Lipinski definition) is 2. The lowest BCUT2D eigenvalue weighted by atomic mass is 9.99. The van der Waals surface area contributed by atoms with Gasteiger partial charge in [-0.2, -0.15) is 0 Å². The average Bonchev–Trinajstić information content (AvgIpc) is 2.67. The minimum atomic E-state index is -0.634. The Balaban J connectivity index is 0.00000364. The summed E-state index contributed by atoms with van der Waals surface area (Å²) in [7, 11) is 0. The normalized spacial score (nSPS) is 12.9. The molecule has 0 radical (unpaired) electrons. The van der Waals surface area contributed by atoms with Gasteiger partial charge in [0.25, 0.3) is 0 Å². The SMILES string of the molecule is CCCNCC(O)COC(Cc1ccc(C)cc1)C(=O)c1ccccc1.Cl. The van der Waals surface area contributed by atoms with Gasteiger partial charge in [0.1, 0.15) is 6.10 Å². The number of carbonyl (C=O) groups is 1. The van der Waals surface area contributed by atoms with Crippen molar-refractivity contribution in [3.05, 3.63) is 71.3 Å². The maximum absolute atomic E-state index is 12.9. The van der Waals surface area contributed by atoms with Crippen LogP contribution < -0.4 is 5.32 Å². The molecule has 0 amide bonds. The van der Waals surface area contributed by atoms with Gasteiger partial charge in [-0.1, -0.05) is 67.1 Å². The zero-order chi connectivity index (χ0) is 18.8. The highest BCUT2D eigenvalue weighted by Crippen LogP contribution is 2.14. The number of aliphatic hydroxyl groups is 1. The van der Waals surface area contributed by atoms with Crippen molar-refractivity contribution < 1.29 is 14.6 Å². The fourth-order valence-electron chi connectivity index (χ4n) is 2.69. The molecule has 0 fully saturated rings. The summed E-state index contributed by atoms with van der Waals surface area (Å²) in [4.78, 5) is 12.9. The fraction of sp³-hybridized carbons (Fsp3) is 0.409. The molecule has 2 atom stereocenters. The molecular weight excluding hydrogens is 362 g/mol. The zero-order valence-corrected chi connectivity index (χ0v) is 16.9. The molecule has 0 spiro atoms. The van der Waals surface area contributed by atoms with Crippen LogP contribution in [0.2, 0.25) is 0 Å². The van der Waals surface area contributed by atoms with Gasteiger partial charge in [-0.25, -0.2) is 0 Å². The average molecular weight is 392 g/mol. The van der Waals surface area contributed by atoms with E-state index in [0.717, 1.165) is 18.5 Å². The number of benzene rings is 2. The predicted molar refractivity (Wildman–Crippen MR) is 112 cm³/mol. The van der Waals surface area contributed by atoms with Gasteiger partial charge in [-0.05, 0) is 25.5 Å². The largest absolute Gasteiger partial charge is 0.389 e. The van der Waals surface area contributed by atoms with Crippen molar-refractivity contribution in [1.82, 2.24) is 5.32 Å². The van der Waals surface area contributed by atoms with Crippen LogP contribution in [0.5, 0.6) is 0 Å². The van der Waals surface area contributed by atoms with Crippen molar-refractivity contribution >= 4 is 18.2 Å². The number of Topliss-reactive ketones (excluding diaryl/α,β-unsaturated/α-hetero) is 1. The molecule has 4 nitrogen and oxygen atoms in total. The number of carbonyl (C=O) groups excluding carboxylic acids is 1. The first kappa shape index (κ1) is 23.3. The molecule has 0 bridgehead atoms. The van der Waals surface area contributed by atoms with E-state index in [4.69, 9.17) is 4.74 Å². The van der Waals surface area contributed by atoms with E-state index < -0.39 is 12.2 Å². The van der Waals surface area contributed by atoms with Gasteiger partial charge in [0.2, 0.25) is 0 Å². The van der Waals surface area contributed by atoms with E-state index >= 15 is 0 Å². The number of aryl methyl sites for hydroxylation is 1. The highest BCUT2D eigenvalue weighted by Gasteiger charge is 2.22. The van der Waals surface area contributed by atoms with E-state index in [0.29, 0.717) is 18.5 Å². The summed E-state index contributed by atoms with van der Waals surface area (Å²) >= 11 is 0. The Bertz CT molecular complexity index is 661. The van der Waals surface area contributed by atoms with Gasteiger partial charge in [-0.3, -0.25) is 4.79 Å². The maximum Gasteiger partial charge on any atom is 0.191 e. The quantitative estimate of drug-likeness (QED) is 0.454. The zero-order valence-electron chi connectivity index (χ0n) is 16.1. The van der Waals surface area contributed by atoms with E-state index in [2.05, 4.69) is 12.2 Å². The van der Waals surface area contributed by atoms with E-state index in [1.165, 1.54) is 5.56 Å². The Morgan fingerprint density at radius 1 is 1.11 bits per heavy atom. The predicted octanol–water partition coefficient (Wildman–Crippen LogP) is 3.59. The van der Waals surface area contributed by atoms with Crippen molar-refractivity contribution in [2.24, 2.45) is 0 Å². The van der Waals surface area contributed by atoms with Crippen LogP contribution in [-0.2, 0) is 11.2 Å². The number of ketones is 1. The van der Waals surface area contributed by atoms with Gasteiger partial charge >= 0.3 is 0 Å². The molecule has 2 aromatic rings. The Morgan fingerprint density at radius 2 is 1.78 bits per heavy atom. The first-order valence-corrected chi connectivity index (χ1v) is 9.25. The summed E-state index contributed by atoms with van der Waals surface area (Å²) in [5.41, 5.74) is 2.85. The molecule has 0 aliphatic carbocycles. The highest BCUT2D eigenvalue weighted by molar-refractivity contribution is 5.99. The lowest BCUT2D eigenvalue weighted by molar-refractivity contribution is -0.00162. The first-order valence-electron chi connectivity index (χ1n) is 9.25. The van der Waals surface area contributed by atoms with Crippen LogP contribution in [0.15, 0.2) is 54.6 Å². The second-order valence-electron chi connectivity index (χ2n) is 6.60. The summed E-state index contributed by atoms with van der Waals surface area (Å²) in [5.74, 6) is -0.0557. The van der Waals surface area contributed by atoms with Crippen molar-refractivity contribution in [3.8, 4) is 0 Å². The lowest BCUT2D eigenvalue weighted by Crippen LogP contribution is -2.35. The summed E-state index contributed by atoms with van der Waals surface area (Å²) in [6, 6.07) is 17.3. The van der Waals surface area contributed by atoms with Gasteiger partial charge in [0.15, 0.2) is 5.78 Å². The van der Waals surface area contributed by atoms with Gasteiger partial charge < -0.3 is 15.2 Å². The van der Waals surface area contributed by atoms with E-state index in [1.54, 1.807) is 12.1 Å². The molecule has 0 heterocycles. The molecular formula is C22H30ClNO3. The second kappa shape index (κ2) is 12.6. The molecule has 2 N–H and O–H groups in total. The third-order valence-corrected chi connectivity index (χ3v) is 4.19. The minimum absolute atomic E-state index is 0. The Kier molecular flexibility index (Phi) is 10.9. The van der Waals surface area contributed by atoms with Crippen molar-refractivity contribution in [2.45, 2.75) is 38.9 Å². The summed E-state index contributed by atoms with van der Waals surface area (Å²) in [6.45, 7) is 5.56. The third kappa shape index (κ3) is 8.22. The molecule has 0 saturated heterocycles. The van der Waals surface area contributed by atoms with Crippen LogP contribution in [0.25, 0.3) is 0 Å². The number of aliphatic hydroxyl groups excluding tert-OH is 1. The standard InChI is InChI=1S/C22H29NO3.ClH/c1-3-13-23-15-20(24)16-26-21(14-18-11-9-17(2)10-12-18)22(25)19-7-5-4-6-8-19;/h4-12,20-21,23-24H,3,13-16H2,1-2H3;1H. The monoisotopic (exact) mass is 391 g/mol. The van der Waals surface area contributed by atoms with Crippen molar-refractivity contribution in [3.63, 3.8) is 0 Å². The Morgan fingerprint density at radius 3 is 2.41 bits per heavy atom. The minimum Gasteiger partial charge on any atom is -0.389 e. The smallest absolute Gasteiger partial charge is 0.191 e. The molecule has 2 aromatic carbocycles. The summed E-state index contributed by atoms with van der Waals surface area (Å²) in [6.07, 6.45) is 0.255. The van der Waals surface area contributed by atoms with Crippen molar-refractivity contribution in [1.29, 1.82) is 0 Å². The highest BCUT2D eigenvalue weighted by atomic mass is 35.5. The number of hydrogen-bond acceptors (Lipinski definition) is 4. The number of rotatable bonds is 11. The fourth-order valence-corrected chi connectivity index (χ4v) is 2.69. The summed E-state index contributed by atoms with van der Waals surface area (Å²) < 4.78 is 5.85.